The van der Waals surface area contributed by atoms with Crippen LogP contribution in [0.15, 0.2) is 29.3 Å². The van der Waals surface area contributed by atoms with E-state index in [1.165, 1.54) is 12.1 Å². The zero-order valence-electron chi connectivity index (χ0n) is 14.1. The van der Waals surface area contributed by atoms with Crippen molar-refractivity contribution < 1.29 is 9.13 Å². The summed E-state index contributed by atoms with van der Waals surface area (Å²) < 4.78 is 18.2. The van der Waals surface area contributed by atoms with E-state index >= 15 is 0 Å². The molecule has 22 heavy (non-hydrogen) atoms. The summed E-state index contributed by atoms with van der Waals surface area (Å²) in [7, 11) is 7.40. The molecule has 5 nitrogen and oxygen atoms in total. The van der Waals surface area contributed by atoms with Crippen LogP contribution in [0.3, 0.4) is 0 Å². The lowest BCUT2D eigenvalue weighted by atomic mass is 10.1. The molecule has 0 radical (unpaired) electrons. The van der Waals surface area contributed by atoms with Crippen molar-refractivity contribution in [3.8, 4) is 0 Å². The molecule has 1 aromatic rings. The molecular formula is C16H27FN4O. The zero-order chi connectivity index (χ0) is 16.5. The molecule has 0 fully saturated rings. The predicted octanol–water partition coefficient (Wildman–Crippen LogP) is 1.63. The summed E-state index contributed by atoms with van der Waals surface area (Å²) in [5.41, 5.74) is 1.05. The smallest absolute Gasteiger partial charge is 0.191 e. The summed E-state index contributed by atoms with van der Waals surface area (Å²) in [6.45, 7) is 3.30. The molecule has 2 atom stereocenters. The minimum atomic E-state index is -0.222. The Labute approximate surface area is 132 Å². The lowest BCUT2D eigenvalue weighted by Gasteiger charge is -2.26. The summed E-state index contributed by atoms with van der Waals surface area (Å²) in [6, 6.07) is 6.88. The first kappa shape index (κ1) is 18.4. The van der Waals surface area contributed by atoms with Crippen molar-refractivity contribution in [3.05, 3.63) is 35.6 Å². The fraction of sp³-hybridized carbons (Fsp3) is 0.562. The standard InChI is InChI=1S/C16H27FN4O/c1-12(11-22-5)20-16(18-2)19-10-15(21(3)4)13-6-8-14(17)9-7-13/h6-9,12,15H,10-11H2,1-5H3,(H2,18,19,20). The van der Waals surface area contributed by atoms with Gasteiger partial charge in [-0.25, -0.2) is 4.39 Å². The van der Waals surface area contributed by atoms with E-state index in [1.54, 1.807) is 14.2 Å². The number of nitrogens with zero attached hydrogens (tertiary/aromatic N) is 2. The van der Waals surface area contributed by atoms with Gasteiger partial charge in [0.1, 0.15) is 5.82 Å². The highest BCUT2D eigenvalue weighted by molar-refractivity contribution is 5.80. The van der Waals surface area contributed by atoms with Crippen molar-refractivity contribution in [2.24, 2.45) is 4.99 Å². The number of methoxy groups -OCH3 is 1. The second-order valence-corrected chi connectivity index (χ2v) is 5.48. The lowest BCUT2D eigenvalue weighted by Crippen LogP contribution is -2.46. The number of likely N-dealkylation sites (N-methyl/N-ethyl adjacent to an activating group) is 1. The van der Waals surface area contributed by atoms with Gasteiger partial charge in [-0.1, -0.05) is 12.1 Å². The molecule has 0 aromatic heterocycles. The molecule has 1 rings (SSSR count). The van der Waals surface area contributed by atoms with E-state index in [9.17, 15) is 4.39 Å². The molecule has 0 spiro atoms. The van der Waals surface area contributed by atoms with Gasteiger partial charge in [-0.05, 0) is 38.7 Å². The van der Waals surface area contributed by atoms with Crippen LogP contribution in [0, 0.1) is 5.82 Å². The Morgan fingerprint density at radius 2 is 1.95 bits per heavy atom. The number of halogens is 1. The highest BCUT2D eigenvalue weighted by atomic mass is 19.1. The molecule has 0 aliphatic carbocycles. The average Bonchev–Trinajstić information content (AvgIpc) is 2.48. The van der Waals surface area contributed by atoms with Gasteiger partial charge in [0.25, 0.3) is 0 Å². The number of ether oxygens (including phenoxy) is 1. The Morgan fingerprint density at radius 3 is 2.45 bits per heavy atom. The molecule has 6 heteroatoms. The van der Waals surface area contributed by atoms with Gasteiger partial charge in [0.2, 0.25) is 0 Å². The molecule has 2 N–H and O–H groups in total. The molecular weight excluding hydrogens is 283 g/mol. The molecule has 0 aliphatic rings. The maximum atomic E-state index is 13.1. The van der Waals surface area contributed by atoms with Crippen LogP contribution in [0.1, 0.15) is 18.5 Å². The highest BCUT2D eigenvalue weighted by Gasteiger charge is 2.15. The topological polar surface area (TPSA) is 48.9 Å². The van der Waals surface area contributed by atoms with Gasteiger partial charge in [0.15, 0.2) is 5.96 Å². The minimum absolute atomic E-state index is 0.122. The largest absolute Gasteiger partial charge is 0.383 e. The van der Waals surface area contributed by atoms with E-state index < -0.39 is 0 Å². The Bertz CT molecular complexity index is 462. The maximum absolute atomic E-state index is 13.1. The van der Waals surface area contributed by atoms with Gasteiger partial charge in [-0.15, -0.1) is 0 Å². The van der Waals surface area contributed by atoms with E-state index in [2.05, 4.69) is 20.5 Å². The molecule has 2 unspecified atom stereocenters. The molecule has 0 saturated heterocycles. The third-order valence-electron chi connectivity index (χ3n) is 3.36. The number of hydrogen-bond donors (Lipinski definition) is 2. The van der Waals surface area contributed by atoms with Crippen LogP contribution in [0.25, 0.3) is 0 Å². The molecule has 0 amide bonds. The lowest BCUT2D eigenvalue weighted by molar-refractivity contribution is 0.179. The molecule has 0 saturated carbocycles. The maximum Gasteiger partial charge on any atom is 0.191 e. The molecule has 124 valence electrons. The molecule has 1 aromatic carbocycles. The molecule has 0 heterocycles. The van der Waals surface area contributed by atoms with Crippen LogP contribution in [0.2, 0.25) is 0 Å². The van der Waals surface area contributed by atoms with Gasteiger partial charge in [-0.3, -0.25) is 4.99 Å². The number of guanidine groups is 1. The van der Waals surface area contributed by atoms with Crippen LogP contribution < -0.4 is 10.6 Å². The summed E-state index contributed by atoms with van der Waals surface area (Å²) >= 11 is 0. The van der Waals surface area contributed by atoms with Crippen molar-refractivity contribution in [1.29, 1.82) is 0 Å². The van der Waals surface area contributed by atoms with Crippen molar-refractivity contribution in [2.75, 3.05) is 41.4 Å². The van der Waals surface area contributed by atoms with Crippen molar-refractivity contribution in [3.63, 3.8) is 0 Å². The highest BCUT2D eigenvalue weighted by Crippen LogP contribution is 2.17. The monoisotopic (exact) mass is 310 g/mol. The Kier molecular flexibility index (Phi) is 7.84. The van der Waals surface area contributed by atoms with Crippen LogP contribution in [-0.2, 0) is 4.74 Å². The van der Waals surface area contributed by atoms with Crippen LogP contribution in [0.4, 0.5) is 4.39 Å². The average molecular weight is 310 g/mol. The fourth-order valence-electron chi connectivity index (χ4n) is 2.20. The second-order valence-electron chi connectivity index (χ2n) is 5.48. The van der Waals surface area contributed by atoms with Crippen LogP contribution >= 0.6 is 0 Å². The van der Waals surface area contributed by atoms with E-state index in [4.69, 9.17) is 4.74 Å². The molecule has 0 aliphatic heterocycles. The quantitative estimate of drug-likeness (QED) is 0.594. The van der Waals surface area contributed by atoms with Gasteiger partial charge in [0, 0.05) is 26.7 Å². The van der Waals surface area contributed by atoms with Crippen molar-refractivity contribution in [1.82, 2.24) is 15.5 Å². The first-order chi connectivity index (χ1) is 10.5. The van der Waals surface area contributed by atoms with Gasteiger partial charge >= 0.3 is 0 Å². The number of aliphatic imine (C=N–C) groups is 1. The van der Waals surface area contributed by atoms with Crippen molar-refractivity contribution >= 4 is 5.96 Å². The normalized spacial score (nSPS) is 14.8. The first-order valence-electron chi connectivity index (χ1n) is 7.36. The van der Waals surface area contributed by atoms with Gasteiger partial charge in [-0.2, -0.15) is 0 Å². The molecule has 0 bridgehead atoms. The Balaban J connectivity index is 2.65. The van der Waals surface area contributed by atoms with Crippen LogP contribution in [-0.4, -0.2) is 58.3 Å². The second kappa shape index (κ2) is 9.38. The van der Waals surface area contributed by atoms with Crippen LogP contribution in [0.5, 0.6) is 0 Å². The number of nitrogens with one attached hydrogen (secondary N) is 2. The summed E-state index contributed by atoms with van der Waals surface area (Å²) in [5.74, 6) is 0.499. The summed E-state index contributed by atoms with van der Waals surface area (Å²) in [5, 5.41) is 6.56. The van der Waals surface area contributed by atoms with Crippen molar-refractivity contribution in [2.45, 2.75) is 19.0 Å². The number of rotatable bonds is 7. The number of hydrogen-bond acceptors (Lipinski definition) is 3. The van der Waals surface area contributed by atoms with E-state index in [1.807, 2.05) is 33.2 Å². The van der Waals surface area contributed by atoms with Gasteiger partial charge < -0.3 is 20.3 Å². The van der Waals surface area contributed by atoms with E-state index in [0.717, 1.165) is 11.5 Å². The minimum Gasteiger partial charge on any atom is -0.383 e. The fourth-order valence-corrected chi connectivity index (χ4v) is 2.20. The third-order valence-corrected chi connectivity index (χ3v) is 3.36. The first-order valence-corrected chi connectivity index (χ1v) is 7.36. The van der Waals surface area contributed by atoms with E-state index in [0.29, 0.717) is 13.2 Å². The predicted molar refractivity (Wildman–Crippen MR) is 88.7 cm³/mol. The SMILES string of the molecule is CN=C(NCC(c1ccc(F)cc1)N(C)C)NC(C)COC. The van der Waals surface area contributed by atoms with E-state index in [-0.39, 0.29) is 17.9 Å². The zero-order valence-corrected chi connectivity index (χ0v) is 14.1. The third kappa shape index (κ3) is 5.99. The van der Waals surface area contributed by atoms with Gasteiger partial charge in [0.05, 0.1) is 12.6 Å². The summed E-state index contributed by atoms with van der Waals surface area (Å²) in [6.07, 6.45) is 0. The Morgan fingerprint density at radius 1 is 1.32 bits per heavy atom. The summed E-state index contributed by atoms with van der Waals surface area (Å²) in [4.78, 5) is 6.30. The number of benzene rings is 1. The Hall–Kier alpha value is -1.66.